The number of anilines is 1. The van der Waals surface area contributed by atoms with Crippen molar-refractivity contribution in [2.75, 3.05) is 5.32 Å². The molecule has 2 aromatic rings. The second kappa shape index (κ2) is 5.96. The van der Waals surface area contributed by atoms with E-state index in [-0.39, 0.29) is 11.7 Å². The number of hydrogen-bond acceptors (Lipinski definition) is 3. The van der Waals surface area contributed by atoms with Gasteiger partial charge in [-0.1, -0.05) is 23.2 Å². The largest absolute Gasteiger partial charge is 0.469 e. The standard InChI is InChI=1S/C16H13Cl2NO2/c17-11-6-12(18)8-14(7-11)19-13-4-10(5-15(20)9-13)16-2-1-3-21-16/h1-3,6-10,19H,4-5H2/t10-/m0/s1. The second-order valence-electron chi connectivity index (χ2n) is 5.04. The molecule has 1 aliphatic carbocycles. The highest BCUT2D eigenvalue weighted by atomic mass is 35.5. The van der Waals surface area contributed by atoms with Crippen LogP contribution in [-0.2, 0) is 4.79 Å². The fraction of sp³-hybridized carbons (Fsp3) is 0.188. The number of carbonyl (C=O) groups excluding carboxylic acids is 1. The summed E-state index contributed by atoms with van der Waals surface area (Å²) in [6, 6.07) is 8.95. The molecule has 0 unspecified atom stereocenters. The maximum atomic E-state index is 11.9. The van der Waals surface area contributed by atoms with Crippen molar-refractivity contribution in [3.8, 4) is 0 Å². The molecule has 0 saturated carbocycles. The fourth-order valence-electron chi connectivity index (χ4n) is 2.52. The predicted molar refractivity (Wildman–Crippen MR) is 83.9 cm³/mol. The van der Waals surface area contributed by atoms with Gasteiger partial charge in [0.15, 0.2) is 5.78 Å². The number of nitrogens with one attached hydrogen (secondary N) is 1. The molecule has 1 aromatic carbocycles. The van der Waals surface area contributed by atoms with Gasteiger partial charge >= 0.3 is 0 Å². The summed E-state index contributed by atoms with van der Waals surface area (Å²) in [4.78, 5) is 11.9. The Morgan fingerprint density at radius 2 is 1.90 bits per heavy atom. The van der Waals surface area contributed by atoms with Crippen LogP contribution in [0, 0.1) is 0 Å². The first-order chi connectivity index (χ1) is 10.1. The molecule has 1 heterocycles. The zero-order valence-corrected chi connectivity index (χ0v) is 12.6. The van der Waals surface area contributed by atoms with Gasteiger partial charge in [0, 0.05) is 39.8 Å². The molecule has 0 aliphatic heterocycles. The number of carbonyl (C=O) groups is 1. The summed E-state index contributed by atoms with van der Waals surface area (Å²) < 4.78 is 5.41. The zero-order chi connectivity index (χ0) is 14.8. The highest BCUT2D eigenvalue weighted by molar-refractivity contribution is 6.35. The Hall–Kier alpha value is -1.71. The van der Waals surface area contributed by atoms with Crippen molar-refractivity contribution < 1.29 is 9.21 Å². The van der Waals surface area contributed by atoms with Gasteiger partial charge < -0.3 is 9.73 Å². The number of hydrogen-bond donors (Lipinski definition) is 1. The maximum Gasteiger partial charge on any atom is 0.158 e. The lowest BCUT2D eigenvalue weighted by Gasteiger charge is -2.21. The summed E-state index contributed by atoms with van der Waals surface area (Å²) in [7, 11) is 0. The van der Waals surface area contributed by atoms with Gasteiger partial charge in [0.05, 0.1) is 6.26 Å². The van der Waals surface area contributed by atoms with Crippen LogP contribution < -0.4 is 5.32 Å². The Kier molecular flexibility index (Phi) is 4.04. The number of benzene rings is 1. The van der Waals surface area contributed by atoms with Crippen molar-refractivity contribution >= 4 is 34.7 Å². The van der Waals surface area contributed by atoms with Gasteiger partial charge in [-0.3, -0.25) is 4.79 Å². The summed E-state index contributed by atoms with van der Waals surface area (Å²) in [5, 5.41) is 4.32. The average molecular weight is 322 g/mol. The van der Waals surface area contributed by atoms with Crippen LogP contribution in [0.15, 0.2) is 52.8 Å². The first kappa shape index (κ1) is 14.2. The monoisotopic (exact) mass is 321 g/mol. The van der Waals surface area contributed by atoms with Gasteiger partial charge in [0.1, 0.15) is 5.76 Å². The topological polar surface area (TPSA) is 42.2 Å². The van der Waals surface area contributed by atoms with Crippen LogP contribution in [0.2, 0.25) is 10.0 Å². The predicted octanol–water partition coefficient (Wildman–Crippen LogP) is 5.03. The van der Waals surface area contributed by atoms with Gasteiger partial charge in [-0.05, 0) is 36.8 Å². The van der Waals surface area contributed by atoms with Gasteiger partial charge in [-0.2, -0.15) is 0 Å². The van der Waals surface area contributed by atoms with Crippen molar-refractivity contribution in [3.63, 3.8) is 0 Å². The van der Waals surface area contributed by atoms with Crippen molar-refractivity contribution in [1.82, 2.24) is 0 Å². The molecule has 0 amide bonds. The second-order valence-corrected chi connectivity index (χ2v) is 5.91. The third-order valence-corrected chi connectivity index (χ3v) is 3.80. The Bertz CT molecular complexity index is 672. The molecule has 3 nitrogen and oxygen atoms in total. The molecule has 1 atom stereocenters. The van der Waals surface area contributed by atoms with Crippen LogP contribution in [-0.4, -0.2) is 5.78 Å². The molecule has 0 radical (unpaired) electrons. The third kappa shape index (κ3) is 3.49. The Balaban J connectivity index is 1.80. The van der Waals surface area contributed by atoms with Crippen LogP contribution in [0.5, 0.6) is 0 Å². The van der Waals surface area contributed by atoms with E-state index in [1.807, 2.05) is 12.1 Å². The molecular weight excluding hydrogens is 309 g/mol. The normalized spacial score (nSPS) is 18.5. The van der Waals surface area contributed by atoms with Gasteiger partial charge in [-0.15, -0.1) is 0 Å². The van der Waals surface area contributed by atoms with E-state index in [4.69, 9.17) is 27.6 Å². The molecular formula is C16H13Cl2NO2. The van der Waals surface area contributed by atoms with Crippen molar-refractivity contribution in [3.05, 3.63) is 64.2 Å². The number of furan rings is 1. The van der Waals surface area contributed by atoms with Crippen molar-refractivity contribution in [1.29, 1.82) is 0 Å². The molecule has 3 rings (SSSR count). The molecule has 0 spiro atoms. The number of allylic oxidation sites excluding steroid dienone is 2. The average Bonchev–Trinajstić information content (AvgIpc) is 2.90. The summed E-state index contributed by atoms with van der Waals surface area (Å²) in [5.41, 5.74) is 1.61. The Morgan fingerprint density at radius 1 is 1.14 bits per heavy atom. The lowest BCUT2D eigenvalue weighted by molar-refractivity contribution is -0.115. The van der Waals surface area contributed by atoms with E-state index in [9.17, 15) is 4.79 Å². The minimum absolute atomic E-state index is 0.0645. The number of rotatable bonds is 3. The third-order valence-electron chi connectivity index (χ3n) is 3.36. The smallest absolute Gasteiger partial charge is 0.158 e. The van der Waals surface area contributed by atoms with E-state index >= 15 is 0 Å². The lowest BCUT2D eigenvalue weighted by atomic mass is 9.89. The molecule has 0 saturated heterocycles. The van der Waals surface area contributed by atoms with Crippen molar-refractivity contribution in [2.45, 2.75) is 18.8 Å². The minimum Gasteiger partial charge on any atom is -0.469 e. The molecule has 0 bridgehead atoms. The van der Waals surface area contributed by atoms with E-state index in [0.29, 0.717) is 22.9 Å². The quantitative estimate of drug-likeness (QED) is 0.862. The van der Waals surface area contributed by atoms with E-state index in [2.05, 4.69) is 5.32 Å². The summed E-state index contributed by atoms with van der Waals surface area (Å²) >= 11 is 12.0. The van der Waals surface area contributed by atoms with Crippen LogP contribution in [0.4, 0.5) is 5.69 Å². The van der Waals surface area contributed by atoms with Gasteiger partial charge in [0.2, 0.25) is 0 Å². The van der Waals surface area contributed by atoms with Gasteiger partial charge in [-0.25, -0.2) is 0 Å². The van der Waals surface area contributed by atoms with E-state index < -0.39 is 0 Å². The van der Waals surface area contributed by atoms with Crippen LogP contribution in [0.1, 0.15) is 24.5 Å². The van der Waals surface area contributed by atoms with Crippen LogP contribution in [0.25, 0.3) is 0 Å². The SMILES string of the molecule is O=C1C=C(Nc2cc(Cl)cc(Cl)c2)C[C@H](c2ccco2)C1. The number of halogens is 2. The minimum atomic E-state index is 0.0645. The summed E-state index contributed by atoms with van der Waals surface area (Å²) in [6.07, 6.45) is 4.44. The molecule has 0 fully saturated rings. The Labute approximate surface area is 132 Å². The summed E-state index contributed by atoms with van der Waals surface area (Å²) in [5.74, 6) is 0.979. The molecule has 21 heavy (non-hydrogen) atoms. The van der Waals surface area contributed by atoms with E-state index in [1.165, 1.54) is 0 Å². The molecule has 108 valence electrons. The first-order valence-corrected chi connectivity index (χ1v) is 7.35. The van der Waals surface area contributed by atoms with Crippen molar-refractivity contribution in [2.24, 2.45) is 0 Å². The zero-order valence-electron chi connectivity index (χ0n) is 11.1. The highest BCUT2D eigenvalue weighted by Crippen LogP contribution is 2.33. The Morgan fingerprint density at radius 3 is 2.57 bits per heavy atom. The molecule has 1 aromatic heterocycles. The lowest BCUT2D eigenvalue weighted by Crippen LogP contribution is -2.16. The maximum absolute atomic E-state index is 11.9. The first-order valence-electron chi connectivity index (χ1n) is 6.60. The summed E-state index contributed by atoms with van der Waals surface area (Å²) in [6.45, 7) is 0. The van der Waals surface area contributed by atoms with Crippen LogP contribution >= 0.6 is 23.2 Å². The number of ketones is 1. The molecule has 1 N–H and O–H groups in total. The van der Waals surface area contributed by atoms with Crippen LogP contribution in [0.3, 0.4) is 0 Å². The molecule has 1 aliphatic rings. The van der Waals surface area contributed by atoms with Gasteiger partial charge in [0.25, 0.3) is 0 Å². The fourth-order valence-corrected chi connectivity index (χ4v) is 3.04. The van der Waals surface area contributed by atoms with E-state index in [1.54, 1.807) is 30.5 Å². The molecule has 5 heteroatoms. The van der Waals surface area contributed by atoms with E-state index in [0.717, 1.165) is 17.1 Å². The highest BCUT2D eigenvalue weighted by Gasteiger charge is 2.24.